The molecule has 22 heavy (non-hydrogen) atoms. The van der Waals surface area contributed by atoms with E-state index in [4.69, 9.17) is 32.7 Å². The van der Waals surface area contributed by atoms with Gasteiger partial charge in [0.2, 0.25) is 6.79 Å². The number of ether oxygens (including phenoxy) is 2. The molecule has 1 aliphatic rings. The quantitative estimate of drug-likeness (QED) is 0.860. The van der Waals surface area contributed by atoms with Gasteiger partial charge in [0.05, 0.1) is 5.02 Å². The van der Waals surface area contributed by atoms with Crippen LogP contribution in [0.3, 0.4) is 0 Å². The van der Waals surface area contributed by atoms with Crippen molar-refractivity contribution in [1.29, 1.82) is 0 Å². The predicted octanol–water partition coefficient (Wildman–Crippen LogP) is 3.33. The summed E-state index contributed by atoms with van der Waals surface area (Å²) in [6, 6.07) is 7.19. The summed E-state index contributed by atoms with van der Waals surface area (Å²) in [5, 5.41) is 0.713. The van der Waals surface area contributed by atoms with Gasteiger partial charge >= 0.3 is 0 Å². The molecule has 0 aliphatic carbocycles. The van der Waals surface area contributed by atoms with Crippen LogP contribution in [-0.4, -0.2) is 29.2 Å². The summed E-state index contributed by atoms with van der Waals surface area (Å²) in [6.45, 7) is 0.670. The Morgan fingerprint density at radius 3 is 2.68 bits per heavy atom. The van der Waals surface area contributed by atoms with Crippen LogP contribution in [0.5, 0.6) is 11.5 Å². The molecule has 116 valence electrons. The van der Waals surface area contributed by atoms with Crippen molar-refractivity contribution in [2.75, 3.05) is 13.8 Å². The number of halogens is 2. The zero-order valence-electron chi connectivity index (χ0n) is 12.1. The van der Waals surface area contributed by atoms with Crippen LogP contribution in [0.2, 0.25) is 10.2 Å². The minimum Gasteiger partial charge on any atom is -0.454 e. The highest BCUT2D eigenvalue weighted by Gasteiger charge is 2.20. The molecule has 0 saturated carbocycles. The van der Waals surface area contributed by atoms with Gasteiger partial charge in [0.15, 0.2) is 11.5 Å². The summed E-state index contributed by atoms with van der Waals surface area (Å²) in [4.78, 5) is 14.1. The molecule has 7 heteroatoms. The number of benzene rings is 1. The lowest BCUT2D eigenvalue weighted by atomic mass is 10.2. The van der Waals surface area contributed by atoms with Gasteiger partial charge in [0.25, 0.3) is 5.91 Å². The van der Waals surface area contributed by atoms with E-state index in [2.05, 4.69) is 0 Å². The number of rotatable bonds is 3. The third-order valence-electron chi connectivity index (χ3n) is 3.54. The van der Waals surface area contributed by atoms with Crippen LogP contribution in [-0.2, 0) is 13.6 Å². The van der Waals surface area contributed by atoms with Gasteiger partial charge in [0, 0.05) is 20.6 Å². The maximum atomic E-state index is 12.5. The van der Waals surface area contributed by atoms with Crippen LogP contribution >= 0.6 is 23.2 Å². The molecule has 1 aliphatic heterocycles. The second kappa shape index (κ2) is 5.74. The fourth-order valence-electron chi connectivity index (χ4n) is 2.33. The number of aromatic nitrogens is 1. The standard InChI is InChI=1S/C15H14Cl2N2O3/c1-18(15(20)11-6-10(16)14(17)19(11)2)7-9-3-4-12-13(5-9)22-8-21-12/h3-6H,7-8H2,1-2H3. The lowest BCUT2D eigenvalue weighted by molar-refractivity contribution is 0.0775. The van der Waals surface area contributed by atoms with Gasteiger partial charge < -0.3 is 18.9 Å². The molecule has 0 bridgehead atoms. The lowest BCUT2D eigenvalue weighted by Gasteiger charge is -2.18. The normalized spacial score (nSPS) is 12.5. The molecule has 2 heterocycles. The van der Waals surface area contributed by atoms with E-state index in [0.29, 0.717) is 28.2 Å². The van der Waals surface area contributed by atoms with Crippen molar-refractivity contribution in [2.45, 2.75) is 6.54 Å². The predicted molar refractivity (Wildman–Crippen MR) is 83.8 cm³/mol. The van der Waals surface area contributed by atoms with Crippen molar-refractivity contribution in [3.8, 4) is 11.5 Å². The van der Waals surface area contributed by atoms with E-state index < -0.39 is 0 Å². The molecular weight excluding hydrogens is 327 g/mol. The molecule has 0 spiro atoms. The molecule has 1 aromatic carbocycles. The van der Waals surface area contributed by atoms with Gasteiger partial charge in [-0.2, -0.15) is 0 Å². The largest absolute Gasteiger partial charge is 0.454 e. The van der Waals surface area contributed by atoms with Crippen LogP contribution in [0.1, 0.15) is 16.1 Å². The van der Waals surface area contributed by atoms with Crippen LogP contribution in [0.25, 0.3) is 0 Å². The number of amides is 1. The molecule has 0 radical (unpaired) electrons. The summed E-state index contributed by atoms with van der Waals surface area (Å²) >= 11 is 12.0. The molecule has 3 rings (SSSR count). The van der Waals surface area contributed by atoms with Crippen molar-refractivity contribution < 1.29 is 14.3 Å². The first kappa shape index (κ1) is 15.1. The Morgan fingerprint density at radius 2 is 2.00 bits per heavy atom. The Balaban J connectivity index is 1.77. The smallest absolute Gasteiger partial charge is 0.270 e. The van der Waals surface area contributed by atoms with Gasteiger partial charge in [-0.3, -0.25) is 4.79 Å². The lowest BCUT2D eigenvalue weighted by Crippen LogP contribution is -2.27. The molecule has 1 amide bonds. The molecule has 0 saturated heterocycles. The number of hydrogen-bond acceptors (Lipinski definition) is 3. The van der Waals surface area contributed by atoms with E-state index in [0.717, 1.165) is 11.3 Å². The second-order valence-corrected chi connectivity index (χ2v) is 5.84. The highest BCUT2D eigenvalue weighted by molar-refractivity contribution is 6.41. The summed E-state index contributed by atoms with van der Waals surface area (Å²) in [6.07, 6.45) is 0. The van der Waals surface area contributed by atoms with E-state index in [9.17, 15) is 4.79 Å². The Kier molecular flexibility index (Phi) is 3.93. The minimum absolute atomic E-state index is 0.158. The molecule has 0 unspecified atom stereocenters. The Morgan fingerprint density at radius 1 is 1.27 bits per heavy atom. The number of carbonyl (C=O) groups excluding carboxylic acids is 1. The summed E-state index contributed by atoms with van der Waals surface area (Å²) in [5.74, 6) is 1.26. The average Bonchev–Trinajstić information content (AvgIpc) is 3.06. The van der Waals surface area contributed by atoms with Gasteiger partial charge in [-0.15, -0.1) is 0 Å². The maximum absolute atomic E-state index is 12.5. The summed E-state index contributed by atoms with van der Waals surface area (Å²) in [7, 11) is 3.43. The Hall–Kier alpha value is -1.85. The zero-order chi connectivity index (χ0) is 15.9. The maximum Gasteiger partial charge on any atom is 0.270 e. The van der Waals surface area contributed by atoms with Gasteiger partial charge in [-0.1, -0.05) is 29.3 Å². The number of hydrogen-bond donors (Lipinski definition) is 0. The number of nitrogens with zero attached hydrogens (tertiary/aromatic N) is 2. The van der Waals surface area contributed by atoms with E-state index in [1.807, 2.05) is 18.2 Å². The van der Waals surface area contributed by atoms with Crippen LogP contribution < -0.4 is 9.47 Å². The Bertz CT molecular complexity index is 743. The first-order valence-corrected chi connectivity index (χ1v) is 7.37. The topological polar surface area (TPSA) is 43.7 Å². The highest BCUT2D eigenvalue weighted by atomic mass is 35.5. The van der Waals surface area contributed by atoms with Crippen LogP contribution in [0.4, 0.5) is 0 Å². The first-order valence-electron chi connectivity index (χ1n) is 6.62. The monoisotopic (exact) mass is 340 g/mol. The highest BCUT2D eigenvalue weighted by Crippen LogP contribution is 2.33. The average molecular weight is 341 g/mol. The fraction of sp³-hybridized carbons (Fsp3) is 0.267. The number of fused-ring (bicyclic) bond motifs is 1. The van der Waals surface area contributed by atoms with Crippen LogP contribution in [0, 0.1) is 0 Å². The van der Waals surface area contributed by atoms with E-state index in [1.54, 1.807) is 29.6 Å². The second-order valence-electron chi connectivity index (χ2n) is 5.08. The molecule has 2 aromatic rings. The zero-order valence-corrected chi connectivity index (χ0v) is 13.6. The van der Waals surface area contributed by atoms with Crippen molar-refractivity contribution in [3.05, 3.63) is 45.7 Å². The molecule has 5 nitrogen and oxygen atoms in total. The van der Waals surface area contributed by atoms with Gasteiger partial charge in [-0.25, -0.2) is 0 Å². The van der Waals surface area contributed by atoms with Gasteiger partial charge in [0.1, 0.15) is 10.8 Å². The molecule has 1 aromatic heterocycles. The van der Waals surface area contributed by atoms with E-state index in [1.165, 1.54) is 0 Å². The molecule has 0 atom stereocenters. The third kappa shape index (κ3) is 2.62. The van der Waals surface area contributed by atoms with Crippen LogP contribution in [0.15, 0.2) is 24.3 Å². The molecule has 0 N–H and O–H groups in total. The molecule has 0 fully saturated rings. The fourth-order valence-corrected chi connectivity index (χ4v) is 2.70. The van der Waals surface area contributed by atoms with Crippen molar-refractivity contribution >= 4 is 29.1 Å². The van der Waals surface area contributed by atoms with E-state index in [-0.39, 0.29) is 12.7 Å². The Labute approximate surface area is 137 Å². The number of carbonyl (C=O) groups is 1. The van der Waals surface area contributed by atoms with E-state index >= 15 is 0 Å². The van der Waals surface area contributed by atoms with Gasteiger partial charge in [-0.05, 0) is 23.8 Å². The SMILES string of the molecule is CN(Cc1ccc2c(c1)OCO2)C(=O)c1cc(Cl)c(Cl)n1C. The third-order valence-corrected chi connectivity index (χ3v) is 4.38. The first-order chi connectivity index (χ1) is 10.5. The summed E-state index contributed by atoms with van der Waals surface area (Å²) < 4.78 is 12.2. The molecular formula is C15H14Cl2N2O3. The van der Waals surface area contributed by atoms with Crippen molar-refractivity contribution in [2.24, 2.45) is 7.05 Å². The van der Waals surface area contributed by atoms with Crippen molar-refractivity contribution in [1.82, 2.24) is 9.47 Å². The minimum atomic E-state index is -0.158. The summed E-state index contributed by atoms with van der Waals surface area (Å²) in [5.41, 5.74) is 1.39. The van der Waals surface area contributed by atoms with Crippen molar-refractivity contribution in [3.63, 3.8) is 0 Å².